The van der Waals surface area contributed by atoms with E-state index in [9.17, 15) is 0 Å². The summed E-state index contributed by atoms with van der Waals surface area (Å²) >= 11 is 0. The topological polar surface area (TPSA) is 15.6 Å². The average Bonchev–Trinajstić information content (AvgIpc) is 2.32. The van der Waals surface area contributed by atoms with Gasteiger partial charge in [0.05, 0.1) is 0 Å². The van der Waals surface area contributed by atoms with Crippen LogP contribution < -0.4 is 0 Å². The summed E-state index contributed by atoms with van der Waals surface area (Å²) in [7, 11) is 0. The van der Waals surface area contributed by atoms with Crippen LogP contribution in [0, 0.1) is 5.41 Å². The Morgan fingerprint density at radius 3 is 2.64 bits per heavy atom. The summed E-state index contributed by atoms with van der Waals surface area (Å²) in [5.74, 6) is 0. The fourth-order valence-corrected chi connectivity index (χ4v) is 1.07. The summed E-state index contributed by atoms with van der Waals surface area (Å²) in [5, 5.41) is 6.41. The molecule has 0 saturated heterocycles. The third-order valence-corrected chi connectivity index (χ3v) is 1.88. The zero-order valence-corrected chi connectivity index (χ0v) is 7.80. The molecule has 64 valence electrons. The van der Waals surface area contributed by atoms with Crippen molar-refractivity contribution in [1.29, 1.82) is 0 Å². The summed E-state index contributed by atoms with van der Waals surface area (Å²) in [5.41, 5.74) is 0.443. The normalized spacial score (nSPS) is 17.9. The Labute approximate surface area is 69.3 Å². The van der Waals surface area contributed by atoms with Crippen molar-refractivity contribution in [3.63, 3.8) is 0 Å². The van der Waals surface area contributed by atoms with Gasteiger partial charge in [-0.2, -0.15) is 5.10 Å². The molecular weight excluding hydrogens is 136 g/mol. The molecule has 0 unspecified atom stereocenters. The maximum absolute atomic E-state index is 4.25. The Kier molecular flexibility index (Phi) is 2.53. The predicted octanol–water partition coefficient (Wildman–Crippen LogP) is 2.11. The molecule has 1 aliphatic rings. The zero-order valence-electron chi connectivity index (χ0n) is 7.80. The molecule has 0 aromatic carbocycles. The summed E-state index contributed by atoms with van der Waals surface area (Å²) in [6.45, 7) is 9.04. The van der Waals surface area contributed by atoms with Crippen molar-refractivity contribution in [3.05, 3.63) is 0 Å². The van der Waals surface area contributed by atoms with E-state index in [1.807, 2.05) is 6.21 Å². The number of hydrogen-bond donors (Lipinski definition) is 0. The molecule has 1 heterocycles. The second-order valence-corrected chi connectivity index (χ2v) is 4.35. The van der Waals surface area contributed by atoms with Crippen LogP contribution in [-0.4, -0.2) is 24.3 Å². The summed E-state index contributed by atoms with van der Waals surface area (Å²) in [6, 6.07) is 0. The van der Waals surface area contributed by atoms with Gasteiger partial charge in [-0.3, -0.25) is 5.01 Å². The lowest BCUT2D eigenvalue weighted by molar-refractivity contribution is 0.253. The van der Waals surface area contributed by atoms with Gasteiger partial charge >= 0.3 is 0 Å². The molecule has 0 amide bonds. The highest BCUT2D eigenvalue weighted by molar-refractivity contribution is 5.58. The second kappa shape index (κ2) is 3.24. The smallest absolute Gasteiger partial charge is 0.0410 e. The van der Waals surface area contributed by atoms with Crippen LogP contribution in [0.2, 0.25) is 0 Å². The largest absolute Gasteiger partial charge is 0.297 e. The molecule has 0 N–H and O–H groups in total. The van der Waals surface area contributed by atoms with E-state index >= 15 is 0 Å². The highest BCUT2D eigenvalue weighted by atomic mass is 15.5. The molecule has 0 fully saturated rings. The van der Waals surface area contributed by atoms with Crippen LogP contribution in [0.5, 0.6) is 0 Å². The van der Waals surface area contributed by atoms with E-state index in [-0.39, 0.29) is 0 Å². The van der Waals surface area contributed by atoms with Gasteiger partial charge in [-0.25, -0.2) is 0 Å². The minimum Gasteiger partial charge on any atom is -0.297 e. The predicted molar refractivity (Wildman–Crippen MR) is 48.8 cm³/mol. The standard InChI is InChI=1S/C9H18N2/c1-9(2,3)5-8-11-7-4-6-10-11/h6H,4-5,7-8H2,1-3H3. The van der Waals surface area contributed by atoms with Crippen molar-refractivity contribution in [2.24, 2.45) is 10.5 Å². The highest BCUT2D eigenvalue weighted by Crippen LogP contribution is 2.19. The first kappa shape index (κ1) is 8.57. The molecule has 0 saturated carbocycles. The summed E-state index contributed by atoms with van der Waals surface area (Å²) in [4.78, 5) is 0. The fourth-order valence-electron chi connectivity index (χ4n) is 1.07. The third kappa shape index (κ3) is 3.40. The van der Waals surface area contributed by atoms with Crippen LogP contribution in [0.3, 0.4) is 0 Å². The van der Waals surface area contributed by atoms with Gasteiger partial charge in [0.1, 0.15) is 0 Å². The first-order valence-corrected chi connectivity index (χ1v) is 4.35. The van der Waals surface area contributed by atoms with E-state index < -0.39 is 0 Å². The first-order chi connectivity index (χ1) is 5.08. The molecule has 11 heavy (non-hydrogen) atoms. The van der Waals surface area contributed by atoms with Crippen LogP contribution >= 0.6 is 0 Å². The average molecular weight is 154 g/mol. The quantitative estimate of drug-likeness (QED) is 0.595. The van der Waals surface area contributed by atoms with Gasteiger partial charge in [0.25, 0.3) is 0 Å². The van der Waals surface area contributed by atoms with E-state index in [4.69, 9.17) is 0 Å². The maximum atomic E-state index is 4.25. The van der Waals surface area contributed by atoms with E-state index in [1.165, 1.54) is 6.42 Å². The van der Waals surface area contributed by atoms with Gasteiger partial charge < -0.3 is 0 Å². The molecule has 1 aliphatic heterocycles. The Hall–Kier alpha value is -0.530. The fraction of sp³-hybridized carbons (Fsp3) is 0.889. The minimum absolute atomic E-state index is 0.443. The molecule has 0 aromatic heterocycles. The molecule has 0 aliphatic carbocycles. The van der Waals surface area contributed by atoms with E-state index in [0.717, 1.165) is 19.5 Å². The highest BCUT2D eigenvalue weighted by Gasteiger charge is 2.13. The van der Waals surface area contributed by atoms with Crippen molar-refractivity contribution in [3.8, 4) is 0 Å². The lowest BCUT2D eigenvalue weighted by Gasteiger charge is -2.21. The van der Waals surface area contributed by atoms with Gasteiger partial charge in [0.2, 0.25) is 0 Å². The number of hydrazone groups is 1. The SMILES string of the molecule is CC(C)(C)CCN1CCC=N1. The number of nitrogens with zero attached hydrogens (tertiary/aromatic N) is 2. The zero-order chi connectivity index (χ0) is 8.32. The molecule has 2 heteroatoms. The van der Waals surface area contributed by atoms with E-state index in [2.05, 4.69) is 30.9 Å². The van der Waals surface area contributed by atoms with Gasteiger partial charge in [0.15, 0.2) is 0 Å². The van der Waals surface area contributed by atoms with Gasteiger partial charge in [-0.15, -0.1) is 0 Å². The molecule has 0 aromatic rings. The first-order valence-electron chi connectivity index (χ1n) is 4.35. The number of hydrogen-bond acceptors (Lipinski definition) is 2. The molecule has 0 spiro atoms. The van der Waals surface area contributed by atoms with Crippen molar-refractivity contribution in [2.45, 2.75) is 33.6 Å². The Bertz CT molecular complexity index is 144. The maximum Gasteiger partial charge on any atom is 0.0410 e. The lowest BCUT2D eigenvalue weighted by atomic mass is 9.92. The van der Waals surface area contributed by atoms with Crippen molar-refractivity contribution >= 4 is 6.21 Å². The molecule has 0 atom stereocenters. The monoisotopic (exact) mass is 154 g/mol. The summed E-state index contributed by atoms with van der Waals surface area (Å²) in [6.07, 6.45) is 4.36. The Morgan fingerprint density at radius 1 is 1.45 bits per heavy atom. The van der Waals surface area contributed by atoms with Crippen LogP contribution in [0.25, 0.3) is 0 Å². The minimum atomic E-state index is 0.443. The van der Waals surface area contributed by atoms with Crippen molar-refractivity contribution < 1.29 is 0 Å². The van der Waals surface area contributed by atoms with Crippen LogP contribution in [-0.2, 0) is 0 Å². The van der Waals surface area contributed by atoms with E-state index in [1.54, 1.807) is 0 Å². The van der Waals surface area contributed by atoms with Gasteiger partial charge in [0, 0.05) is 25.7 Å². The Morgan fingerprint density at radius 2 is 2.18 bits per heavy atom. The van der Waals surface area contributed by atoms with Crippen LogP contribution in [0.1, 0.15) is 33.6 Å². The van der Waals surface area contributed by atoms with Crippen molar-refractivity contribution in [2.75, 3.05) is 13.1 Å². The lowest BCUT2D eigenvalue weighted by Crippen LogP contribution is -2.20. The van der Waals surface area contributed by atoms with Crippen molar-refractivity contribution in [1.82, 2.24) is 5.01 Å². The second-order valence-electron chi connectivity index (χ2n) is 4.35. The molecular formula is C9H18N2. The molecule has 1 rings (SSSR count). The Balaban J connectivity index is 2.17. The summed E-state index contributed by atoms with van der Waals surface area (Å²) < 4.78 is 0. The molecule has 0 radical (unpaired) electrons. The molecule has 0 bridgehead atoms. The van der Waals surface area contributed by atoms with Gasteiger partial charge in [-0.1, -0.05) is 20.8 Å². The van der Waals surface area contributed by atoms with Gasteiger partial charge in [-0.05, 0) is 11.8 Å². The van der Waals surface area contributed by atoms with Crippen LogP contribution in [0.15, 0.2) is 5.10 Å². The number of rotatable bonds is 2. The van der Waals surface area contributed by atoms with Crippen LogP contribution in [0.4, 0.5) is 0 Å². The molecule has 2 nitrogen and oxygen atoms in total. The van der Waals surface area contributed by atoms with E-state index in [0.29, 0.717) is 5.41 Å². The third-order valence-electron chi connectivity index (χ3n) is 1.88.